The van der Waals surface area contributed by atoms with E-state index in [1.165, 1.54) is 0 Å². The third-order valence-corrected chi connectivity index (χ3v) is 2.96. The maximum atomic E-state index is 5.18. The Kier molecular flexibility index (Phi) is 3.90. The van der Waals surface area contributed by atoms with Crippen LogP contribution in [0.2, 0.25) is 0 Å². The van der Waals surface area contributed by atoms with Crippen molar-refractivity contribution in [1.82, 2.24) is 20.4 Å². The van der Waals surface area contributed by atoms with Crippen molar-refractivity contribution >= 4 is 0 Å². The van der Waals surface area contributed by atoms with Crippen LogP contribution in [0.15, 0.2) is 4.52 Å². The van der Waals surface area contributed by atoms with Gasteiger partial charge in [0.05, 0.1) is 6.54 Å². The average Bonchev–Trinajstić information content (AvgIpc) is 2.70. The third-order valence-electron chi connectivity index (χ3n) is 2.96. The number of nitrogens with zero attached hydrogens (tertiary/aromatic N) is 3. The van der Waals surface area contributed by atoms with Gasteiger partial charge in [-0.2, -0.15) is 4.98 Å². The van der Waals surface area contributed by atoms with Crippen LogP contribution in [0.3, 0.4) is 0 Å². The Morgan fingerprint density at radius 3 is 3.19 bits per heavy atom. The van der Waals surface area contributed by atoms with E-state index in [-0.39, 0.29) is 0 Å². The summed E-state index contributed by atoms with van der Waals surface area (Å²) in [5, 5.41) is 7.39. The molecule has 2 rings (SSSR count). The van der Waals surface area contributed by atoms with Gasteiger partial charge in [0.15, 0.2) is 5.82 Å². The smallest absolute Gasteiger partial charge is 0.226 e. The van der Waals surface area contributed by atoms with Gasteiger partial charge in [-0.25, -0.2) is 0 Å². The van der Waals surface area contributed by atoms with Gasteiger partial charge >= 0.3 is 0 Å². The maximum absolute atomic E-state index is 5.18. The molecule has 1 fully saturated rings. The zero-order chi connectivity index (χ0) is 11.4. The lowest BCUT2D eigenvalue weighted by molar-refractivity contribution is 0.160. The summed E-state index contributed by atoms with van der Waals surface area (Å²) in [5.41, 5.74) is 0. The van der Waals surface area contributed by atoms with Crippen LogP contribution in [0.1, 0.15) is 32.0 Å². The second-order valence-corrected chi connectivity index (χ2v) is 4.38. The highest BCUT2D eigenvalue weighted by molar-refractivity contribution is 4.88. The van der Waals surface area contributed by atoms with Crippen molar-refractivity contribution in [2.45, 2.75) is 39.3 Å². The number of aryl methyl sites for hydroxylation is 1. The van der Waals surface area contributed by atoms with Crippen molar-refractivity contribution in [1.29, 1.82) is 0 Å². The number of nitrogens with one attached hydrogen (secondary N) is 1. The minimum absolute atomic E-state index is 0.543. The Bertz CT molecular complexity index is 326. The van der Waals surface area contributed by atoms with Crippen LogP contribution < -0.4 is 5.32 Å². The molecule has 0 bridgehead atoms. The van der Waals surface area contributed by atoms with Crippen molar-refractivity contribution in [3.05, 3.63) is 11.7 Å². The topological polar surface area (TPSA) is 54.2 Å². The van der Waals surface area contributed by atoms with Crippen LogP contribution >= 0.6 is 0 Å². The fourth-order valence-corrected chi connectivity index (χ4v) is 1.97. The highest BCUT2D eigenvalue weighted by Gasteiger charge is 2.19. The first kappa shape index (κ1) is 11.5. The van der Waals surface area contributed by atoms with Gasteiger partial charge in [0.1, 0.15) is 0 Å². The quantitative estimate of drug-likeness (QED) is 0.820. The molecule has 1 atom stereocenters. The maximum Gasteiger partial charge on any atom is 0.226 e. The van der Waals surface area contributed by atoms with E-state index in [2.05, 4.69) is 34.2 Å². The van der Waals surface area contributed by atoms with Crippen LogP contribution in [0, 0.1) is 0 Å². The largest absolute Gasteiger partial charge is 0.339 e. The summed E-state index contributed by atoms with van der Waals surface area (Å²) >= 11 is 0. The zero-order valence-electron chi connectivity index (χ0n) is 10.1. The molecule has 0 unspecified atom stereocenters. The molecule has 0 aliphatic carbocycles. The second kappa shape index (κ2) is 5.41. The highest BCUT2D eigenvalue weighted by Crippen LogP contribution is 2.08. The van der Waals surface area contributed by atoms with Crippen molar-refractivity contribution < 1.29 is 4.52 Å². The van der Waals surface area contributed by atoms with Gasteiger partial charge in [0.25, 0.3) is 0 Å². The summed E-state index contributed by atoms with van der Waals surface area (Å²) < 4.78 is 5.18. The Balaban J connectivity index is 1.91. The SMILES string of the molecule is CCCc1nc(CN2CCNC[C@H]2C)no1. The van der Waals surface area contributed by atoms with E-state index in [1.54, 1.807) is 0 Å². The molecule has 0 radical (unpaired) electrons. The number of rotatable bonds is 4. The molecule has 1 N–H and O–H groups in total. The van der Waals surface area contributed by atoms with Crippen molar-refractivity contribution in [2.75, 3.05) is 19.6 Å². The Morgan fingerprint density at radius 1 is 1.56 bits per heavy atom. The third kappa shape index (κ3) is 2.80. The Hall–Kier alpha value is -0.940. The lowest BCUT2D eigenvalue weighted by atomic mass is 10.2. The highest BCUT2D eigenvalue weighted by atomic mass is 16.5. The van der Waals surface area contributed by atoms with Crippen molar-refractivity contribution in [3.8, 4) is 0 Å². The Labute approximate surface area is 96.2 Å². The summed E-state index contributed by atoms with van der Waals surface area (Å²) in [5.74, 6) is 1.58. The van der Waals surface area contributed by atoms with Gasteiger partial charge in [-0.1, -0.05) is 12.1 Å². The van der Waals surface area contributed by atoms with E-state index in [4.69, 9.17) is 4.52 Å². The van der Waals surface area contributed by atoms with Crippen molar-refractivity contribution in [2.24, 2.45) is 0 Å². The standard InChI is InChI=1S/C11H20N4O/c1-3-4-11-13-10(14-16-11)8-15-6-5-12-7-9(15)2/h9,12H,3-8H2,1-2H3/t9-/m1/s1. The minimum Gasteiger partial charge on any atom is -0.339 e. The molecule has 2 heterocycles. The van der Waals surface area contributed by atoms with E-state index in [0.717, 1.165) is 50.7 Å². The summed E-state index contributed by atoms with van der Waals surface area (Å²) in [6, 6.07) is 0.543. The number of hydrogen-bond acceptors (Lipinski definition) is 5. The monoisotopic (exact) mass is 224 g/mol. The predicted molar refractivity (Wildman–Crippen MR) is 61.0 cm³/mol. The molecule has 16 heavy (non-hydrogen) atoms. The normalized spacial score (nSPS) is 22.5. The first-order chi connectivity index (χ1) is 7.79. The van der Waals surface area contributed by atoms with Gasteiger partial charge in [0.2, 0.25) is 5.89 Å². The molecule has 0 spiro atoms. The van der Waals surface area contributed by atoms with E-state index in [0.29, 0.717) is 6.04 Å². The number of piperazine rings is 1. The van der Waals surface area contributed by atoms with E-state index >= 15 is 0 Å². The lowest BCUT2D eigenvalue weighted by Gasteiger charge is -2.32. The minimum atomic E-state index is 0.543. The molecule has 0 saturated carbocycles. The lowest BCUT2D eigenvalue weighted by Crippen LogP contribution is -2.49. The second-order valence-electron chi connectivity index (χ2n) is 4.38. The van der Waals surface area contributed by atoms with Gasteiger partial charge < -0.3 is 9.84 Å². The summed E-state index contributed by atoms with van der Waals surface area (Å²) in [7, 11) is 0. The molecule has 1 aromatic rings. The molecule has 5 nitrogen and oxygen atoms in total. The van der Waals surface area contributed by atoms with Gasteiger partial charge in [-0.15, -0.1) is 0 Å². The van der Waals surface area contributed by atoms with Crippen molar-refractivity contribution in [3.63, 3.8) is 0 Å². The molecule has 0 amide bonds. The molecule has 1 aliphatic heterocycles. The molecular weight excluding hydrogens is 204 g/mol. The molecule has 1 saturated heterocycles. The molecule has 90 valence electrons. The Morgan fingerprint density at radius 2 is 2.44 bits per heavy atom. The van der Waals surface area contributed by atoms with Gasteiger partial charge in [-0.05, 0) is 13.3 Å². The number of aromatic nitrogens is 2. The van der Waals surface area contributed by atoms with Crippen LogP contribution in [-0.2, 0) is 13.0 Å². The van der Waals surface area contributed by atoms with E-state index < -0.39 is 0 Å². The van der Waals surface area contributed by atoms with Gasteiger partial charge in [-0.3, -0.25) is 4.90 Å². The van der Waals surface area contributed by atoms with E-state index in [9.17, 15) is 0 Å². The van der Waals surface area contributed by atoms with Gasteiger partial charge in [0, 0.05) is 32.1 Å². The average molecular weight is 224 g/mol. The van der Waals surface area contributed by atoms with Crippen LogP contribution in [-0.4, -0.2) is 40.7 Å². The molecule has 0 aromatic carbocycles. The molecule has 1 aromatic heterocycles. The molecular formula is C11H20N4O. The zero-order valence-corrected chi connectivity index (χ0v) is 10.1. The van der Waals surface area contributed by atoms with Crippen LogP contribution in [0.4, 0.5) is 0 Å². The number of hydrogen-bond donors (Lipinski definition) is 1. The predicted octanol–water partition coefficient (Wildman–Crippen LogP) is 0.816. The van der Waals surface area contributed by atoms with Crippen LogP contribution in [0.5, 0.6) is 0 Å². The summed E-state index contributed by atoms with van der Waals surface area (Å²) in [6.45, 7) is 8.28. The summed E-state index contributed by atoms with van der Waals surface area (Å²) in [4.78, 5) is 6.77. The van der Waals surface area contributed by atoms with Crippen LogP contribution in [0.25, 0.3) is 0 Å². The molecule has 1 aliphatic rings. The van der Waals surface area contributed by atoms with E-state index in [1.807, 2.05) is 0 Å². The fourth-order valence-electron chi connectivity index (χ4n) is 1.97. The first-order valence-electron chi connectivity index (χ1n) is 6.06. The molecule has 5 heteroatoms. The first-order valence-corrected chi connectivity index (χ1v) is 6.06. The fraction of sp³-hybridized carbons (Fsp3) is 0.818. The summed E-state index contributed by atoms with van der Waals surface area (Å²) in [6.07, 6.45) is 1.93.